The second-order valence-electron chi connectivity index (χ2n) is 13.2. The Bertz CT molecular complexity index is 1900. The lowest BCUT2D eigenvalue weighted by atomic mass is 9.75. The minimum atomic E-state index is -1.03. The third-order valence-corrected chi connectivity index (χ3v) is 10.2. The first kappa shape index (κ1) is 30.7. The standard InChI is InChI=1S/C38H39FN4O4/c1-42-21-22-43-31-23-26(14-17-28(31)33(25-7-3-2-4-8-25)35(43)29-9-5-10-30(39)34(29)42)36(46)41-38(19-6-20-38)37(47)40-27-15-11-24(12-16-27)13-18-32(44)45/h5,9-18,23,25H,2-4,6-8,19-22H2,1H3,(H,40,47)(H,41,46)(H,44,45)/b18-13+. The largest absolute Gasteiger partial charge is 0.478 e. The lowest BCUT2D eigenvalue weighted by Gasteiger charge is -2.40. The molecular formula is C38H39FN4O4. The number of carboxylic acids is 1. The van der Waals surface area contributed by atoms with Crippen LogP contribution >= 0.6 is 0 Å². The van der Waals surface area contributed by atoms with Crippen molar-refractivity contribution in [1.82, 2.24) is 9.88 Å². The van der Waals surface area contributed by atoms with E-state index in [2.05, 4.69) is 15.2 Å². The highest BCUT2D eigenvalue weighted by Crippen LogP contribution is 2.48. The Hall–Kier alpha value is -4.92. The molecular weight excluding hydrogens is 595 g/mol. The average molecular weight is 635 g/mol. The first-order chi connectivity index (χ1) is 22.7. The first-order valence-corrected chi connectivity index (χ1v) is 16.6. The Balaban J connectivity index is 1.20. The van der Waals surface area contributed by atoms with Crippen molar-refractivity contribution in [2.24, 2.45) is 0 Å². The van der Waals surface area contributed by atoms with E-state index in [-0.39, 0.29) is 17.6 Å². The van der Waals surface area contributed by atoms with Crippen LogP contribution in [0.4, 0.5) is 15.8 Å². The molecule has 1 aliphatic heterocycles. The normalized spacial score (nSPS) is 17.4. The summed E-state index contributed by atoms with van der Waals surface area (Å²) in [6.07, 6.45) is 10.2. The van der Waals surface area contributed by atoms with Crippen LogP contribution in [0.3, 0.4) is 0 Å². The zero-order chi connectivity index (χ0) is 32.7. The van der Waals surface area contributed by atoms with Gasteiger partial charge < -0.3 is 25.2 Å². The second kappa shape index (κ2) is 12.4. The van der Waals surface area contributed by atoms with E-state index in [9.17, 15) is 14.4 Å². The van der Waals surface area contributed by atoms with Crippen LogP contribution in [0, 0.1) is 5.82 Å². The van der Waals surface area contributed by atoms with Crippen LogP contribution in [0.25, 0.3) is 28.2 Å². The molecule has 0 saturated heterocycles. The first-order valence-electron chi connectivity index (χ1n) is 16.6. The number of amides is 2. The number of hydrogen-bond donors (Lipinski definition) is 3. The Labute approximate surface area is 273 Å². The minimum Gasteiger partial charge on any atom is -0.478 e. The van der Waals surface area contributed by atoms with Crippen LogP contribution in [0.5, 0.6) is 0 Å². The molecule has 242 valence electrons. The molecule has 4 aromatic rings. The summed E-state index contributed by atoms with van der Waals surface area (Å²) in [7, 11) is 1.93. The van der Waals surface area contributed by atoms with Gasteiger partial charge in [-0.15, -0.1) is 0 Å². The van der Waals surface area contributed by atoms with Crippen LogP contribution in [0.15, 0.2) is 66.7 Å². The van der Waals surface area contributed by atoms with Crippen LogP contribution in [-0.4, -0.2) is 46.6 Å². The van der Waals surface area contributed by atoms with Crippen molar-refractivity contribution < 1.29 is 23.9 Å². The Morgan fingerprint density at radius 3 is 2.43 bits per heavy atom. The Morgan fingerprint density at radius 1 is 0.957 bits per heavy atom. The summed E-state index contributed by atoms with van der Waals surface area (Å²) in [5.41, 5.74) is 5.52. The molecule has 0 radical (unpaired) electrons. The van der Waals surface area contributed by atoms with Gasteiger partial charge in [0.25, 0.3) is 5.91 Å². The number of carboxylic acid groups (broad SMARTS) is 1. The Kier molecular flexibility index (Phi) is 8.08. The smallest absolute Gasteiger partial charge is 0.328 e. The number of carbonyl (C=O) groups excluding carboxylic acids is 2. The molecule has 8 nitrogen and oxygen atoms in total. The number of halogens is 1. The topological polar surface area (TPSA) is 104 Å². The van der Waals surface area contributed by atoms with E-state index in [0.29, 0.717) is 54.4 Å². The van der Waals surface area contributed by atoms with E-state index in [1.807, 2.05) is 36.2 Å². The van der Waals surface area contributed by atoms with Crippen LogP contribution < -0.4 is 15.5 Å². The predicted molar refractivity (Wildman–Crippen MR) is 182 cm³/mol. The molecule has 0 atom stereocenters. The average Bonchev–Trinajstić information content (AvgIpc) is 3.30. The highest BCUT2D eigenvalue weighted by Gasteiger charge is 2.45. The number of aromatic nitrogens is 1. The fourth-order valence-corrected chi connectivity index (χ4v) is 7.63. The molecule has 2 aliphatic carbocycles. The van der Waals surface area contributed by atoms with Gasteiger partial charge in [0.15, 0.2) is 0 Å². The molecule has 3 aliphatic rings. The molecule has 2 amide bonds. The third-order valence-electron chi connectivity index (χ3n) is 10.2. The number of anilines is 2. The number of fused-ring (bicyclic) bond motifs is 5. The number of likely N-dealkylation sites (N-methyl/N-ethyl adjacent to an activating group) is 1. The van der Waals surface area contributed by atoms with Crippen molar-refractivity contribution in [3.8, 4) is 11.3 Å². The van der Waals surface area contributed by atoms with Gasteiger partial charge in [0.05, 0.1) is 11.4 Å². The number of rotatable bonds is 7. The van der Waals surface area contributed by atoms with Crippen LogP contribution in [0.2, 0.25) is 0 Å². The summed E-state index contributed by atoms with van der Waals surface area (Å²) in [5.74, 6) is -1.47. The van der Waals surface area contributed by atoms with Gasteiger partial charge in [-0.05, 0) is 85.6 Å². The monoisotopic (exact) mass is 634 g/mol. The number of nitrogens with zero attached hydrogens (tertiary/aromatic N) is 2. The van der Waals surface area contributed by atoms with Crippen molar-refractivity contribution in [2.45, 2.75) is 69.4 Å². The molecule has 3 N–H and O–H groups in total. The molecule has 7 rings (SSSR count). The minimum absolute atomic E-state index is 0.228. The van der Waals surface area contributed by atoms with Gasteiger partial charge in [-0.2, -0.15) is 0 Å². The summed E-state index contributed by atoms with van der Waals surface area (Å²) in [6.45, 7) is 1.29. The maximum absolute atomic E-state index is 15.3. The van der Waals surface area contributed by atoms with Crippen molar-refractivity contribution in [3.05, 3.63) is 89.2 Å². The SMILES string of the molecule is CN1CCn2c(c(C3CCCCC3)c3ccc(C(=O)NC4(C(=O)Nc5ccc(/C=C/C(=O)O)cc5)CCC4)cc32)-c2cccc(F)c21. The van der Waals surface area contributed by atoms with E-state index in [1.54, 1.807) is 30.3 Å². The molecule has 1 aromatic heterocycles. The predicted octanol–water partition coefficient (Wildman–Crippen LogP) is 7.33. The number of carbonyl (C=O) groups is 3. The molecule has 2 saturated carbocycles. The van der Waals surface area contributed by atoms with Gasteiger partial charge in [0, 0.05) is 53.9 Å². The van der Waals surface area contributed by atoms with Crippen molar-refractivity contribution >= 4 is 46.1 Å². The number of aliphatic carboxylic acids is 1. The van der Waals surface area contributed by atoms with Crippen LogP contribution in [0.1, 0.15) is 78.8 Å². The van der Waals surface area contributed by atoms with E-state index < -0.39 is 11.5 Å². The summed E-state index contributed by atoms with van der Waals surface area (Å²) in [6, 6.07) is 18.1. The lowest BCUT2D eigenvalue weighted by molar-refractivity contribution is -0.131. The lowest BCUT2D eigenvalue weighted by Crippen LogP contribution is -2.61. The highest BCUT2D eigenvalue weighted by atomic mass is 19.1. The molecule has 2 fully saturated rings. The maximum Gasteiger partial charge on any atom is 0.328 e. The van der Waals surface area contributed by atoms with Gasteiger partial charge in [-0.25, -0.2) is 9.18 Å². The summed E-state index contributed by atoms with van der Waals surface area (Å²) >= 11 is 0. The number of nitrogens with one attached hydrogen (secondary N) is 2. The van der Waals surface area contributed by atoms with Gasteiger partial charge >= 0.3 is 5.97 Å². The molecule has 0 spiro atoms. The fourth-order valence-electron chi connectivity index (χ4n) is 7.63. The quantitative estimate of drug-likeness (QED) is 0.185. The molecule has 0 unspecified atom stereocenters. The van der Waals surface area contributed by atoms with E-state index in [1.165, 1.54) is 37.0 Å². The highest BCUT2D eigenvalue weighted by molar-refractivity contribution is 6.06. The fraction of sp³-hybridized carbons (Fsp3) is 0.342. The molecule has 2 heterocycles. The van der Waals surface area contributed by atoms with Crippen molar-refractivity contribution in [2.75, 3.05) is 23.8 Å². The summed E-state index contributed by atoms with van der Waals surface area (Å²) in [4.78, 5) is 40.2. The zero-order valence-electron chi connectivity index (χ0n) is 26.5. The van der Waals surface area contributed by atoms with E-state index in [4.69, 9.17) is 5.11 Å². The number of para-hydroxylation sites is 1. The third kappa shape index (κ3) is 5.68. The van der Waals surface area contributed by atoms with Gasteiger partial charge in [0.2, 0.25) is 5.91 Å². The van der Waals surface area contributed by atoms with E-state index in [0.717, 1.165) is 47.5 Å². The molecule has 0 bridgehead atoms. The van der Waals surface area contributed by atoms with Gasteiger partial charge in [-0.1, -0.05) is 49.6 Å². The maximum atomic E-state index is 15.3. The second-order valence-corrected chi connectivity index (χ2v) is 13.2. The molecule has 9 heteroatoms. The van der Waals surface area contributed by atoms with Gasteiger partial charge in [-0.3, -0.25) is 9.59 Å². The molecule has 3 aromatic carbocycles. The molecule has 47 heavy (non-hydrogen) atoms. The Morgan fingerprint density at radius 2 is 1.72 bits per heavy atom. The zero-order valence-corrected chi connectivity index (χ0v) is 26.5. The van der Waals surface area contributed by atoms with E-state index >= 15 is 4.39 Å². The van der Waals surface area contributed by atoms with Crippen LogP contribution in [-0.2, 0) is 16.1 Å². The van der Waals surface area contributed by atoms with Crippen molar-refractivity contribution in [1.29, 1.82) is 0 Å². The van der Waals surface area contributed by atoms with Crippen molar-refractivity contribution in [3.63, 3.8) is 0 Å². The van der Waals surface area contributed by atoms with Gasteiger partial charge in [0.1, 0.15) is 11.4 Å². The number of benzene rings is 3. The summed E-state index contributed by atoms with van der Waals surface area (Å²) < 4.78 is 17.6. The number of hydrogen-bond acceptors (Lipinski definition) is 4. The summed E-state index contributed by atoms with van der Waals surface area (Å²) in [5, 5.41) is 16.0.